The van der Waals surface area contributed by atoms with Crippen molar-refractivity contribution in [2.24, 2.45) is 0 Å². The minimum atomic E-state index is -0.572. The van der Waals surface area contributed by atoms with Gasteiger partial charge in [-0.2, -0.15) is 0 Å². The van der Waals surface area contributed by atoms with Crippen molar-refractivity contribution < 1.29 is 19.2 Å². The first kappa shape index (κ1) is 18.5. The predicted molar refractivity (Wildman–Crippen MR) is 107 cm³/mol. The van der Waals surface area contributed by atoms with Crippen molar-refractivity contribution in [3.8, 4) is 0 Å². The second-order valence-corrected chi connectivity index (χ2v) is 8.53. The van der Waals surface area contributed by atoms with Gasteiger partial charge in [0, 0.05) is 17.3 Å². The maximum absolute atomic E-state index is 12.2. The molecule has 2 N–H and O–H groups in total. The molecule has 0 saturated carbocycles. The van der Waals surface area contributed by atoms with Crippen molar-refractivity contribution in [3.63, 3.8) is 0 Å². The average molecular weight is 367 g/mol. The van der Waals surface area contributed by atoms with Gasteiger partial charge in [0.15, 0.2) is 5.78 Å². The highest BCUT2D eigenvalue weighted by Crippen LogP contribution is 2.39. The largest absolute Gasteiger partial charge is 0.492 e. The maximum Gasteiger partial charge on any atom is 0.492 e. The molecule has 5 nitrogen and oxygen atoms in total. The second kappa shape index (κ2) is 6.33. The fraction of sp³-hybridized carbons (Fsp3) is 0.476. The Labute approximate surface area is 159 Å². The maximum atomic E-state index is 12.2. The fourth-order valence-electron chi connectivity index (χ4n) is 3.80. The zero-order chi connectivity index (χ0) is 19.4. The Morgan fingerprint density at radius 2 is 1.93 bits per heavy atom. The Morgan fingerprint density at radius 3 is 2.59 bits per heavy atom. The lowest BCUT2D eigenvalue weighted by Gasteiger charge is -2.32. The van der Waals surface area contributed by atoms with Crippen LogP contribution in [0.2, 0.25) is 0 Å². The summed E-state index contributed by atoms with van der Waals surface area (Å²) >= 11 is 0. The summed E-state index contributed by atoms with van der Waals surface area (Å²) < 4.78 is 12.1. The van der Waals surface area contributed by atoms with Crippen molar-refractivity contribution in [2.75, 3.05) is 6.61 Å². The van der Waals surface area contributed by atoms with Crippen molar-refractivity contribution in [1.82, 2.24) is 4.98 Å². The number of hydrogen-bond donors (Lipinski definition) is 2. The predicted octanol–water partition coefficient (Wildman–Crippen LogP) is 3.69. The number of aliphatic hydroxyl groups excluding tert-OH is 1. The van der Waals surface area contributed by atoms with Crippen LogP contribution in [0.1, 0.15) is 62.2 Å². The first-order valence-electron chi connectivity index (χ1n) is 9.56. The number of aromatic nitrogens is 1. The van der Waals surface area contributed by atoms with E-state index in [-0.39, 0.29) is 12.4 Å². The molecule has 6 heteroatoms. The number of rotatable bonds is 3. The van der Waals surface area contributed by atoms with Gasteiger partial charge < -0.3 is 19.4 Å². The van der Waals surface area contributed by atoms with E-state index < -0.39 is 18.3 Å². The van der Waals surface area contributed by atoms with Crippen LogP contribution in [0.15, 0.2) is 23.7 Å². The minimum Gasteiger partial charge on any atom is -0.400 e. The summed E-state index contributed by atoms with van der Waals surface area (Å²) in [7, 11) is -0.572. The molecule has 2 aromatic rings. The lowest BCUT2D eigenvalue weighted by molar-refractivity contribution is 0.00578. The van der Waals surface area contributed by atoms with Gasteiger partial charge in [0.05, 0.1) is 23.5 Å². The number of aliphatic hydroxyl groups is 1. The number of carbonyl (C=O) groups excluding carboxylic acids is 1. The smallest absolute Gasteiger partial charge is 0.400 e. The molecule has 0 amide bonds. The Hall–Kier alpha value is -1.89. The van der Waals surface area contributed by atoms with Crippen molar-refractivity contribution in [2.45, 2.75) is 58.2 Å². The van der Waals surface area contributed by atoms with E-state index in [2.05, 4.69) is 11.1 Å². The number of fused-ring (bicyclic) bond motifs is 3. The summed E-state index contributed by atoms with van der Waals surface area (Å²) in [5.74, 6) is 0.192. The van der Waals surface area contributed by atoms with E-state index >= 15 is 0 Å². The molecule has 1 aromatic heterocycles. The molecule has 1 aromatic carbocycles. The standard InChI is InChI=1S/C21H26BNO4/c1-20(2)21(3,4)27-22(26-20)14(12-24)10-13-8-9-17-16(11-13)15-6-5-7-18(25)19(15)23-17/h8-11,23-24H,5-7,12H2,1-4H3. The van der Waals surface area contributed by atoms with Gasteiger partial charge in [0.2, 0.25) is 0 Å². The van der Waals surface area contributed by atoms with E-state index in [1.165, 1.54) is 0 Å². The molecule has 0 spiro atoms. The highest BCUT2D eigenvalue weighted by molar-refractivity contribution is 6.55. The second-order valence-electron chi connectivity index (χ2n) is 8.53. The zero-order valence-electron chi connectivity index (χ0n) is 16.4. The molecule has 1 fully saturated rings. The highest BCUT2D eigenvalue weighted by Gasteiger charge is 2.52. The van der Waals surface area contributed by atoms with E-state index in [4.69, 9.17) is 9.31 Å². The third-order valence-electron chi connectivity index (χ3n) is 6.13. The van der Waals surface area contributed by atoms with Crippen molar-refractivity contribution in [1.29, 1.82) is 0 Å². The summed E-state index contributed by atoms with van der Waals surface area (Å²) in [6.07, 6.45) is 4.35. The van der Waals surface area contributed by atoms with E-state index in [9.17, 15) is 9.90 Å². The topological polar surface area (TPSA) is 71.6 Å². The number of H-pyrrole nitrogens is 1. The normalized spacial score (nSPS) is 21.7. The van der Waals surface area contributed by atoms with E-state index in [1.807, 2.05) is 45.9 Å². The van der Waals surface area contributed by atoms with Crippen LogP contribution in [0.4, 0.5) is 0 Å². The van der Waals surface area contributed by atoms with Crippen LogP contribution in [-0.4, -0.2) is 40.8 Å². The molecule has 2 aliphatic rings. The van der Waals surface area contributed by atoms with Gasteiger partial charge >= 0.3 is 7.12 Å². The number of aryl methyl sites for hydroxylation is 1. The quantitative estimate of drug-likeness (QED) is 0.812. The van der Waals surface area contributed by atoms with Gasteiger partial charge in [-0.25, -0.2) is 0 Å². The number of carbonyl (C=O) groups is 1. The summed E-state index contributed by atoms with van der Waals surface area (Å²) in [5, 5.41) is 11.0. The first-order chi connectivity index (χ1) is 12.7. The van der Waals surface area contributed by atoms with E-state index in [0.29, 0.717) is 11.9 Å². The van der Waals surface area contributed by atoms with Gasteiger partial charge in [-0.3, -0.25) is 4.79 Å². The Kier molecular flexibility index (Phi) is 4.33. The number of hydrogen-bond acceptors (Lipinski definition) is 4. The molecule has 0 unspecified atom stereocenters. The van der Waals surface area contributed by atoms with Crippen molar-refractivity contribution >= 4 is 29.9 Å². The number of nitrogens with one attached hydrogen (secondary N) is 1. The molecule has 1 saturated heterocycles. The van der Waals surface area contributed by atoms with Gasteiger partial charge in [0.25, 0.3) is 0 Å². The fourth-order valence-corrected chi connectivity index (χ4v) is 3.80. The molecule has 27 heavy (non-hydrogen) atoms. The van der Waals surface area contributed by atoms with E-state index in [1.54, 1.807) is 0 Å². The monoisotopic (exact) mass is 367 g/mol. The molecule has 0 bridgehead atoms. The van der Waals surface area contributed by atoms with Crippen LogP contribution in [0.3, 0.4) is 0 Å². The minimum absolute atomic E-state index is 0.140. The highest BCUT2D eigenvalue weighted by atomic mass is 16.7. The number of aromatic amines is 1. The first-order valence-corrected chi connectivity index (χ1v) is 9.56. The lowest BCUT2D eigenvalue weighted by atomic mass is 9.77. The van der Waals surface area contributed by atoms with Crippen LogP contribution >= 0.6 is 0 Å². The lowest BCUT2D eigenvalue weighted by Crippen LogP contribution is -2.41. The third kappa shape index (κ3) is 3.06. The number of benzene rings is 1. The Balaban J connectivity index is 1.70. The number of ketones is 1. The molecule has 142 valence electrons. The molecule has 1 aliphatic heterocycles. The molecule has 2 heterocycles. The van der Waals surface area contributed by atoms with E-state index in [0.717, 1.165) is 40.6 Å². The van der Waals surface area contributed by atoms with Crippen LogP contribution < -0.4 is 0 Å². The molecule has 0 atom stereocenters. The summed E-state index contributed by atoms with van der Waals surface area (Å²) in [6.45, 7) is 7.85. The van der Waals surface area contributed by atoms with Gasteiger partial charge in [-0.15, -0.1) is 0 Å². The Bertz CT molecular complexity index is 925. The van der Waals surface area contributed by atoms with Gasteiger partial charge in [-0.05, 0) is 69.3 Å². The summed E-state index contributed by atoms with van der Waals surface area (Å²) in [4.78, 5) is 15.4. The molecule has 1 aliphatic carbocycles. The van der Waals surface area contributed by atoms with Crippen LogP contribution in [0.25, 0.3) is 17.0 Å². The SMILES string of the molecule is CC1(C)OB(C(=Cc2ccc3[nH]c4c(c3c2)CCCC4=O)CO)OC1(C)C. The van der Waals surface area contributed by atoms with Gasteiger partial charge in [-0.1, -0.05) is 12.1 Å². The third-order valence-corrected chi connectivity index (χ3v) is 6.13. The molecular weight excluding hydrogens is 341 g/mol. The summed E-state index contributed by atoms with van der Waals surface area (Å²) in [6, 6.07) is 6.05. The molecular formula is C21H26BNO4. The Morgan fingerprint density at radius 1 is 1.22 bits per heavy atom. The van der Waals surface area contributed by atoms with Crippen LogP contribution in [0, 0.1) is 0 Å². The molecule has 4 rings (SSSR count). The van der Waals surface area contributed by atoms with Crippen LogP contribution in [0.5, 0.6) is 0 Å². The zero-order valence-corrected chi connectivity index (χ0v) is 16.4. The van der Waals surface area contributed by atoms with Gasteiger partial charge in [0.1, 0.15) is 0 Å². The average Bonchev–Trinajstić information content (AvgIpc) is 3.07. The summed E-state index contributed by atoms with van der Waals surface area (Å²) in [5.41, 5.74) is 3.60. The van der Waals surface area contributed by atoms with Crippen molar-refractivity contribution in [3.05, 3.63) is 40.5 Å². The number of Topliss-reactive ketones (excluding diaryl/α,β-unsaturated/α-hetero) is 1. The molecule has 0 radical (unpaired) electrons. The van der Waals surface area contributed by atoms with Crippen LogP contribution in [-0.2, 0) is 15.7 Å².